The highest BCUT2D eigenvalue weighted by Gasteiger charge is 2.27. The van der Waals surface area contributed by atoms with Gasteiger partial charge in [0, 0.05) is 22.8 Å². The molecule has 0 saturated heterocycles. The number of nitrogens with one attached hydrogen (secondary N) is 1. The first-order valence-corrected chi connectivity index (χ1v) is 10.7. The standard InChI is InChI=1S/C22H17ClNO2P/c23-19-13-7-8-14-20(19)24-27(25)15-21(17-9-3-1-4-10-17)26-22(16-27)18-11-5-2-6-12-18/h1-16H,(H,24,25). The second kappa shape index (κ2) is 7.48. The van der Waals surface area contributed by atoms with Crippen LogP contribution in [0.4, 0.5) is 5.69 Å². The van der Waals surface area contributed by atoms with Crippen LogP contribution in [0.2, 0.25) is 5.02 Å². The molecule has 5 heteroatoms. The minimum Gasteiger partial charge on any atom is -0.456 e. The second-order valence-corrected chi connectivity index (χ2v) is 8.69. The third-order valence-corrected chi connectivity index (χ3v) is 6.28. The number of hydrogen-bond donors (Lipinski definition) is 1. The van der Waals surface area contributed by atoms with Crippen molar-refractivity contribution in [2.24, 2.45) is 0 Å². The van der Waals surface area contributed by atoms with Crippen molar-refractivity contribution in [2.75, 3.05) is 5.09 Å². The Morgan fingerprint density at radius 2 is 1.19 bits per heavy atom. The maximum absolute atomic E-state index is 13.7. The molecule has 1 heterocycles. The molecule has 0 unspecified atom stereocenters. The maximum atomic E-state index is 13.7. The highest BCUT2D eigenvalue weighted by molar-refractivity contribution is 7.72. The van der Waals surface area contributed by atoms with Crippen LogP contribution in [0.25, 0.3) is 11.5 Å². The van der Waals surface area contributed by atoms with Crippen LogP contribution in [0.3, 0.4) is 0 Å². The summed E-state index contributed by atoms with van der Waals surface area (Å²) in [5, 5.41) is 3.63. The highest BCUT2D eigenvalue weighted by atomic mass is 35.5. The van der Waals surface area contributed by atoms with E-state index in [2.05, 4.69) is 5.09 Å². The lowest BCUT2D eigenvalue weighted by Gasteiger charge is -2.24. The van der Waals surface area contributed by atoms with Gasteiger partial charge in [-0.1, -0.05) is 84.4 Å². The van der Waals surface area contributed by atoms with Gasteiger partial charge in [-0.3, -0.25) is 4.57 Å². The maximum Gasteiger partial charge on any atom is 0.220 e. The van der Waals surface area contributed by atoms with Gasteiger partial charge >= 0.3 is 0 Å². The summed E-state index contributed by atoms with van der Waals surface area (Å²) in [4.78, 5) is 0. The summed E-state index contributed by atoms with van der Waals surface area (Å²) in [6, 6.07) is 26.5. The van der Waals surface area contributed by atoms with Gasteiger partial charge in [-0.05, 0) is 12.1 Å². The zero-order valence-electron chi connectivity index (χ0n) is 14.4. The van der Waals surface area contributed by atoms with E-state index in [0.29, 0.717) is 22.2 Å². The van der Waals surface area contributed by atoms with E-state index in [4.69, 9.17) is 16.3 Å². The molecule has 0 saturated carbocycles. The molecule has 3 aromatic carbocycles. The van der Waals surface area contributed by atoms with E-state index in [1.165, 1.54) is 0 Å². The van der Waals surface area contributed by atoms with Crippen LogP contribution in [0.15, 0.2) is 96.6 Å². The number of hydrogen-bond acceptors (Lipinski definition) is 2. The zero-order valence-corrected chi connectivity index (χ0v) is 16.0. The topological polar surface area (TPSA) is 38.3 Å². The summed E-state index contributed by atoms with van der Waals surface area (Å²) in [6.07, 6.45) is 0. The minimum absolute atomic E-state index is 0.517. The summed E-state index contributed by atoms with van der Waals surface area (Å²) in [5.41, 5.74) is 2.34. The summed E-state index contributed by atoms with van der Waals surface area (Å²) in [5.74, 6) is 4.41. The Morgan fingerprint density at radius 3 is 1.70 bits per heavy atom. The summed E-state index contributed by atoms with van der Waals surface area (Å²) in [6.45, 7) is 0. The molecule has 4 rings (SSSR count). The average Bonchev–Trinajstić information content (AvgIpc) is 2.70. The van der Waals surface area contributed by atoms with E-state index in [1.54, 1.807) is 17.7 Å². The van der Waals surface area contributed by atoms with E-state index >= 15 is 0 Å². The third kappa shape index (κ3) is 4.00. The van der Waals surface area contributed by atoms with E-state index < -0.39 is 7.29 Å². The first-order valence-electron chi connectivity index (χ1n) is 8.50. The molecule has 1 aliphatic heterocycles. The molecular formula is C22H17ClNO2P. The quantitative estimate of drug-likeness (QED) is 0.482. The average molecular weight is 394 g/mol. The molecule has 0 bridgehead atoms. The lowest BCUT2D eigenvalue weighted by Crippen LogP contribution is -2.03. The van der Waals surface area contributed by atoms with E-state index in [9.17, 15) is 4.57 Å². The predicted octanol–water partition coefficient (Wildman–Crippen LogP) is 7.06. The number of para-hydroxylation sites is 1. The fourth-order valence-corrected chi connectivity index (χ4v) is 4.96. The second-order valence-electron chi connectivity index (χ2n) is 6.12. The van der Waals surface area contributed by atoms with Crippen molar-refractivity contribution >= 4 is 36.1 Å². The fourth-order valence-electron chi connectivity index (χ4n) is 2.83. The molecule has 0 spiro atoms. The van der Waals surface area contributed by atoms with Crippen molar-refractivity contribution in [1.82, 2.24) is 0 Å². The Hall–Kier alpha value is -2.74. The summed E-state index contributed by atoms with van der Waals surface area (Å²) >= 11 is 6.26. The Labute approximate surface area is 163 Å². The lowest BCUT2D eigenvalue weighted by atomic mass is 10.2. The third-order valence-electron chi connectivity index (χ3n) is 4.12. The largest absolute Gasteiger partial charge is 0.456 e. The molecule has 1 aliphatic rings. The number of rotatable bonds is 4. The van der Waals surface area contributed by atoms with Gasteiger partial charge in [-0.2, -0.15) is 0 Å². The number of benzene rings is 3. The van der Waals surface area contributed by atoms with Gasteiger partial charge < -0.3 is 9.82 Å². The van der Waals surface area contributed by atoms with Crippen LogP contribution in [0.5, 0.6) is 0 Å². The van der Waals surface area contributed by atoms with Crippen LogP contribution in [-0.4, -0.2) is 0 Å². The molecular weight excluding hydrogens is 377 g/mol. The molecule has 0 amide bonds. The summed E-state index contributed by atoms with van der Waals surface area (Å²) < 4.78 is 19.8. The zero-order chi connectivity index (χ0) is 18.7. The monoisotopic (exact) mass is 393 g/mol. The van der Waals surface area contributed by atoms with Gasteiger partial charge in [0.15, 0.2) is 0 Å². The molecule has 0 aromatic heterocycles. The molecule has 0 fully saturated rings. The van der Waals surface area contributed by atoms with Gasteiger partial charge in [0.25, 0.3) is 0 Å². The number of ether oxygens (including phenoxy) is 1. The van der Waals surface area contributed by atoms with Crippen LogP contribution >= 0.6 is 18.9 Å². The molecule has 0 aliphatic carbocycles. The van der Waals surface area contributed by atoms with Crippen LogP contribution < -0.4 is 5.09 Å². The predicted molar refractivity (Wildman–Crippen MR) is 113 cm³/mol. The molecule has 3 nitrogen and oxygen atoms in total. The molecule has 27 heavy (non-hydrogen) atoms. The Morgan fingerprint density at radius 1 is 0.704 bits per heavy atom. The van der Waals surface area contributed by atoms with E-state index in [0.717, 1.165) is 11.1 Å². The normalized spacial score (nSPS) is 15.3. The number of anilines is 1. The Bertz CT molecular complexity index is 1000. The van der Waals surface area contributed by atoms with Gasteiger partial charge in [-0.15, -0.1) is 0 Å². The van der Waals surface area contributed by atoms with Crippen molar-refractivity contribution in [2.45, 2.75) is 0 Å². The van der Waals surface area contributed by atoms with Gasteiger partial charge in [-0.25, -0.2) is 0 Å². The van der Waals surface area contributed by atoms with Crippen LogP contribution in [-0.2, 0) is 9.30 Å². The lowest BCUT2D eigenvalue weighted by molar-refractivity contribution is 0.469. The highest BCUT2D eigenvalue weighted by Crippen LogP contribution is 2.56. The van der Waals surface area contributed by atoms with Gasteiger partial charge in [0.2, 0.25) is 7.29 Å². The van der Waals surface area contributed by atoms with Crippen molar-refractivity contribution in [3.8, 4) is 0 Å². The molecule has 0 radical (unpaired) electrons. The van der Waals surface area contributed by atoms with E-state index in [1.807, 2.05) is 78.9 Å². The Balaban J connectivity index is 1.79. The smallest absolute Gasteiger partial charge is 0.220 e. The van der Waals surface area contributed by atoms with Crippen LogP contribution in [0, 0.1) is 0 Å². The molecule has 3 aromatic rings. The molecule has 0 atom stereocenters. The van der Waals surface area contributed by atoms with Crippen molar-refractivity contribution < 1.29 is 9.30 Å². The molecule has 1 N–H and O–H groups in total. The van der Waals surface area contributed by atoms with Gasteiger partial charge in [0.05, 0.1) is 10.7 Å². The number of halogens is 1. The SMILES string of the molecule is O=P1(Nc2ccccc2Cl)C=C(c2ccccc2)OC(c2ccccc2)=C1. The Kier molecular flexibility index (Phi) is 4.89. The van der Waals surface area contributed by atoms with E-state index in [-0.39, 0.29) is 0 Å². The fraction of sp³-hybridized carbons (Fsp3) is 0. The van der Waals surface area contributed by atoms with Crippen LogP contribution in [0.1, 0.15) is 11.1 Å². The van der Waals surface area contributed by atoms with Crippen molar-refractivity contribution in [3.05, 3.63) is 113 Å². The first-order chi connectivity index (χ1) is 13.1. The van der Waals surface area contributed by atoms with Crippen molar-refractivity contribution in [3.63, 3.8) is 0 Å². The molecule has 134 valence electrons. The summed E-state index contributed by atoms with van der Waals surface area (Å²) in [7, 11) is -3.09. The minimum atomic E-state index is -3.09. The van der Waals surface area contributed by atoms with Crippen molar-refractivity contribution in [1.29, 1.82) is 0 Å². The first kappa shape index (κ1) is 17.7. The van der Waals surface area contributed by atoms with Gasteiger partial charge in [0.1, 0.15) is 11.5 Å².